The molecule has 0 amide bonds. The predicted octanol–water partition coefficient (Wildman–Crippen LogP) is 1.29. The van der Waals surface area contributed by atoms with E-state index in [2.05, 4.69) is 14.9 Å². The first-order valence-corrected chi connectivity index (χ1v) is 9.15. The molecule has 148 valence electrons. The van der Waals surface area contributed by atoms with Gasteiger partial charge in [0, 0.05) is 25.2 Å². The van der Waals surface area contributed by atoms with Crippen LogP contribution in [0.2, 0.25) is 0 Å². The van der Waals surface area contributed by atoms with E-state index in [1.165, 1.54) is 0 Å². The van der Waals surface area contributed by atoms with E-state index in [0.29, 0.717) is 36.0 Å². The van der Waals surface area contributed by atoms with Gasteiger partial charge in [0.25, 0.3) is 0 Å². The summed E-state index contributed by atoms with van der Waals surface area (Å²) in [6.07, 6.45) is 0. The topological polar surface area (TPSA) is 133 Å². The summed E-state index contributed by atoms with van der Waals surface area (Å²) in [6, 6.07) is 7.41. The minimum atomic E-state index is 0.00953. The van der Waals surface area contributed by atoms with Crippen molar-refractivity contribution in [2.45, 2.75) is 6.92 Å². The maximum absolute atomic E-state index is 9.40. The Morgan fingerprint density at radius 3 is 2.68 bits per heavy atom. The molecule has 0 atom stereocenters. The number of anilines is 2. The monoisotopic (exact) mass is 384 g/mol. The highest BCUT2D eigenvalue weighted by Gasteiger charge is 2.16. The van der Waals surface area contributed by atoms with Gasteiger partial charge in [-0.15, -0.1) is 0 Å². The molecular formula is C19H24N6O3. The summed E-state index contributed by atoms with van der Waals surface area (Å²) in [5, 5.41) is 9.40. The Kier molecular flexibility index (Phi) is 6.47. The van der Waals surface area contributed by atoms with Gasteiger partial charge in [0.2, 0.25) is 5.95 Å². The summed E-state index contributed by atoms with van der Waals surface area (Å²) in [5.74, 6) is 1.26. The van der Waals surface area contributed by atoms with Crippen LogP contribution in [0.15, 0.2) is 18.2 Å². The lowest BCUT2D eigenvalue weighted by molar-refractivity contribution is 0.0321. The highest BCUT2D eigenvalue weighted by Crippen LogP contribution is 2.34. The lowest BCUT2D eigenvalue weighted by Crippen LogP contribution is -2.38. The van der Waals surface area contributed by atoms with Gasteiger partial charge in [0.1, 0.15) is 24.1 Å². The Hall–Kier alpha value is -3.09. The number of morpholine rings is 1. The highest BCUT2D eigenvalue weighted by molar-refractivity contribution is 5.74. The van der Waals surface area contributed by atoms with Crippen molar-refractivity contribution in [1.29, 1.82) is 5.26 Å². The fourth-order valence-electron chi connectivity index (χ4n) is 2.97. The normalized spacial score (nSPS) is 14.4. The zero-order valence-corrected chi connectivity index (χ0v) is 15.9. The number of hydrogen-bond acceptors (Lipinski definition) is 9. The molecule has 4 N–H and O–H groups in total. The van der Waals surface area contributed by atoms with Crippen molar-refractivity contribution in [2.75, 3.05) is 57.5 Å². The van der Waals surface area contributed by atoms with Crippen molar-refractivity contribution in [3.05, 3.63) is 23.8 Å². The summed E-state index contributed by atoms with van der Waals surface area (Å²) in [4.78, 5) is 10.3. The Balaban J connectivity index is 1.80. The van der Waals surface area contributed by atoms with Crippen LogP contribution < -0.4 is 20.9 Å². The van der Waals surface area contributed by atoms with E-state index in [9.17, 15) is 5.26 Å². The number of nitrogens with zero attached hydrogens (tertiary/aromatic N) is 4. The standard InChI is InChI=1S/C19H24N6O3/c1-2-27-16-11-13(17-14(12-20)18(21)24-19(22)23-17)3-4-15(16)28-10-7-25-5-8-26-9-6-25/h3-4,11H,2,5-10H2,1H3,(H4,21,22,23,24). The van der Waals surface area contributed by atoms with Gasteiger partial charge in [-0.2, -0.15) is 10.2 Å². The first-order chi connectivity index (χ1) is 13.6. The molecule has 28 heavy (non-hydrogen) atoms. The van der Waals surface area contributed by atoms with Crippen molar-refractivity contribution < 1.29 is 14.2 Å². The van der Waals surface area contributed by atoms with Crippen molar-refractivity contribution in [2.24, 2.45) is 0 Å². The number of rotatable bonds is 7. The Morgan fingerprint density at radius 1 is 1.18 bits per heavy atom. The highest BCUT2D eigenvalue weighted by atomic mass is 16.5. The third-order valence-electron chi connectivity index (χ3n) is 4.35. The molecular weight excluding hydrogens is 360 g/mol. The zero-order chi connectivity index (χ0) is 19.9. The number of aromatic nitrogens is 2. The fraction of sp³-hybridized carbons (Fsp3) is 0.421. The SMILES string of the molecule is CCOc1cc(-c2nc(N)nc(N)c2C#N)ccc1OCCN1CCOCC1. The maximum Gasteiger partial charge on any atom is 0.222 e. The average molecular weight is 384 g/mol. The number of benzene rings is 1. The summed E-state index contributed by atoms with van der Waals surface area (Å²) >= 11 is 0. The predicted molar refractivity (Wildman–Crippen MR) is 105 cm³/mol. The Bertz CT molecular complexity index is 861. The van der Waals surface area contributed by atoms with Crippen LogP contribution in [0.3, 0.4) is 0 Å². The molecule has 0 bridgehead atoms. The van der Waals surface area contributed by atoms with Crippen LogP contribution in [0.4, 0.5) is 11.8 Å². The summed E-state index contributed by atoms with van der Waals surface area (Å²) in [7, 11) is 0. The van der Waals surface area contributed by atoms with Crippen LogP contribution in [0.1, 0.15) is 12.5 Å². The minimum absolute atomic E-state index is 0.00953. The molecule has 0 aliphatic carbocycles. The van der Waals surface area contributed by atoms with Crippen LogP contribution in [-0.2, 0) is 4.74 Å². The van der Waals surface area contributed by atoms with Gasteiger partial charge in [-0.1, -0.05) is 0 Å². The van der Waals surface area contributed by atoms with E-state index in [0.717, 1.165) is 32.8 Å². The van der Waals surface area contributed by atoms with Gasteiger partial charge in [-0.05, 0) is 25.1 Å². The second-order valence-electron chi connectivity index (χ2n) is 6.20. The van der Waals surface area contributed by atoms with Crippen molar-refractivity contribution in [3.8, 4) is 28.8 Å². The fourth-order valence-corrected chi connectivity index (χ4v) is 2.97. The third-order valence-corrected chi connectivity index (χ3v) is 4.35. The molecule has 0 saturated carbocycles. The van der Waals surface area contributed by atoms with Crippen LogP contribution in [0.25, 0.3) is 11.3 Å². The largest absolute Gasteiger partial charge is 0.490 e. The lowest BCUT2D eigenvalue weighted by atomic mass is 10.1. The maximum atomic E-state index is 9.40. The number of nitriles is 1. The second kappa shape index (κ2) is 9.21. The zero-order valence-electron chi connectivity index (χ0n) is 15.9. The van der Waals surface area contributed by atoms with Gasteiger partial charge >= 0.3 is 0 Å². The molecule has 2 heterocycles. The smallest absolute Gasteiger partial charge is 0.222 e. The summed E-state index contributed by atoms with van der Waals surface area (Å²) in [6.45, 7) is 7.05. The number of hydrogen-bond donors (Lipinski definition) is 2. The van der Waals surface area contributed by atoms with E-state index < -0.39 is 0 Å². The van der Waals surface area contributed by atoms with Crippen molar-refractivity contribution in [3.63, 3.8) is 0 Å². The van der Waals surface area contributed by atoms with Crippen molar-refractivity contribution in [1.82, 2.24) is 14.9 Å². The summed E-state index contributed by atoms with van der Waals surface area (Å²) in [5.41, 5.74) is 12.7. The minimum Gasteiger partial charge on any atom is -0.490 e. The second-order valence-corrected chi connectivity index (χ2v) is 6.20. The van der Waals surface area contributed by atoms with Crippen LogP contribution in [-0.4, -0.2) is 60.9 Å². The molecule has 9 nitrogen and oxygen atoms in total. The molecule has 0 spiro atoms. The average Bonchev–Trinajstić information content (AvgIpc) is 2.69. The van der Waals surface area contributed by atoms with E-state index in [4.69, 9.17) is 25.7 Å². The van der Waals surface area contributed by atoms with E-state index in [-0.39, 0.29) is 17.3 Å². The molecule has 1 fully saturated rings. The third kappa shape index (κ3) is 4.60. The quantitative estimate of drug-likeness (QED) is 0.724. The molecule has 0 radical (unpaired) electrons. The Labute approximate surface area is 163 Å². The Morgan fingerprint density at radius 2 is 1.96 bits per heavy atom. The van der Waals surface area contributed by atoms with E-state index >= 15 is 0 Å². The first-order valence-electron chi connectivity index (χ1n) is 9.15. The first kappa shape index (κ1) is 19.7. The van der Waals surface area contributed by atoms with Gasteiger partial charge in [-0.3, -0.25) is 4.90 Å². The molecule has 9 heteroatoms. The van der Waals surface area contributed by atoms with Gasteiger partial charge < -0.3 is 25.7 Å². The lowest BCUT2D eigenvalue weighted by Gasteiger charge is -2.26. The molecule has 1 saturated heterocycles. The summed E-state index contributed by atoms with van der Waals surface area (Å²) < 4.78 is 17.0. The van der Waals surface area contributed by atoms with Crippen LogP contribution in [0, 0.1) is 11.3 Å². The molecule has 1 aromatic carbocycles. The van der Waals surface area contributed by atoms with E-state index in [1.54, 1.807) is 18.2 Å². The number of ether oxygens (including phenoxy) is 3. The van der Waals surface area contributed by atoms with Gasteiger partial charge in [0.05, 0.1) is 25.5 Å². The molecule has 2 aromatic rings. The van der Waals surface area contributed by atoms with Crippen LogP contribution >= 0.6 is 0 Å². The van der Waals surface area contributed by atoms with Crippen molar-refractivity contribution >= 4 is 11.8 Å². The number of nitrogen functional groups attached to an aromatic ring is 2. The van der Waals surface area contributed by atoms with Crippen LogP contribution in [0.5, 0.6) is 11.5 Å². The molecule has 0 unspecified atom stereocenters. The molecule has 1 aromatic heterocycles. The van der Waals surface area contributed by atoms with Gasteiger partial charge in [-0.25, -0.2) is 4.98 Å². The molecule has 1 aliphatic rings. The van der Waals surface area contributed by atoms with Gasteiger partial charge in [0.15, 0.2) is 11.5 Å². The molecule has 1 aliphatic heterocycles. The molecule has 3 rings (SSSR count). The van der Waals surface area contributed by atoms with E-state index in [1.807, 2.05) is 13.0 Å². The number of nitrogens with two attached hydrogens (primary N) is 2.